The molecule has 0 fully saturated rings. The lowest BCUT2D eigenvalue weighted by Crippen LogP contribution is -2.27. The molecule has 1 aromatic heterocycles. The number of pyridine rings is 1. The van der Waals surface area contributed by atoms with Gasteiger partial charge in [0.15, 0.2) is 5.78 Å². The van der Waals surface area contributed by atoms with Crippen LogP contribution in [0.15, 0.2) is 28.3 Å². The van der Waals surface area contributed by atoms with Gasteiger partial charge in [-0.2, -0.15) is 18.4 Å². The van der Waals surface area contributed by atoms with E-state index in [1.807, 2.05) is 0 Å². The third-order valence-electron chi connectivity index (χ3n) is 2.47. The lowest BCUT2D eigenvalue weighted by molar-refractivity contribution is -0.138. The predicted octanol–water partition coefficient (Wildman–Crippen LogP) is 1.85. The van der Waals surface area contributed by atoms with Crippen LogP contribution in [-0.4, -0.2) is 10.4 Å². The first-order chi connectivity index (χ1) is 9.57. The number of hydrogen-bond acceptors (Lipinski definition) is 4. The molecular weight excluding hydrogens is 311 g/mol. The fraction of sp³-hybridized carbons (Fsp3) is 0.250. The Labute approximate surface area is 122 Å². The van der Waals surface area contributed by atoms with Crippen LogP contribution in [0.5, 0.6) is 0 Å². The maximum absolute atomic E-state index is 12.6. The zero-order chi connectivity index (χ0) is 16.4. The lowest BCUT2D eigenvalue weighted by atomic mass is 10.1. The van der Waals surface area contributed by atoms with E-state index in [-0.39, 0.29) is 5.70 Å². The molecule has 5 nitrogen and oxygen atoms in total. The molecule has 1 heterocycles. The smallest absolute Gasteiger partial charge is 0.401 e. The first kappa shape index (κ1) is 16.8. The van der Waals surface area contributed by atoms with E-state index in [1.54, 1.807) is 0 Å². The highest BCUT2D eigenvalue weighted by Gasteiger charge is 2.32. The van der Waals surface area contributed by atoms with E-state index >= 15 is 0 Å². The maximum atomic E-state index is 12.6. The van der Waals surface area contributed by atoms with E-state index in [0.717, 1.165) is 0 Å². The van der Waals surface area contributed by atoms with Crippen molar-refractivity contribution >= 4 is 17.4 Å². The highest BCUT2D eigenvalue weighted by atomic mass is 35.5. The molecule has 0 aliphatic carbocycles. The number of carbonyl (C=O) groups excluding carboxylic acids is 1. The molecule has 0 aliphatic rings. The Bertz CT molecular complexity index is 710. The van der Waals surface area contributed by atoms with Crippen LogP contribution in [0.4, 0.5) is 13.2 Å². The van der Waals surface area contributed by atoms with Crippen molar-refractivity contribution in [1.82, 2.24) is 4.57 Å². The van der Waals surface area contributed by atoms with Gasteiger partial charge in [-0.1, -0.05) is 11.6 Å². The van der Waals surface area contributed by atoms with Crippen LogP contribution in [0.2, 0.25) is 5.02 Å². The number of rotatable bonds is 3. The first-order valence-electron chi connectivity index (χ1n) is 5.44. The van der Waals surface area contributed by atoms with Crippen molar-refractivity contribution in [3.05, 3.63) is 44.5 Å². The molecule has 9 heteroatoms. The van der Waals surface area contributed by atoms with Gasteiger partial charge in [0.2, 0.25) is 0 Å². The third-order valence-corrected chi connectivity index (χ3v) is 2.74. The number of ketones is 1. The number of hydrogen-bond donors (Lipinski definition) is 1. The summed E-state index contributed by atoms with van der Waals surface area (Å²) in [5.74, 6) is -0.880. The number of nitrogens with zero attached hydrogens (tertiary/aromatic N) is 2. The standard InChI is InChI=1S/C12H9ClF3N3O2/c1-6(18)8(3-17)10(20)5-19-4-7(12(14,15)16)2-9(13)11(19)21/h2,4H,5,18H2,1H3/b8-6+. The zero-order valence-electron chi connectivity index (χ0n) is 10.7. The van der Waals surface area contributed by atoms with E-state index in [1.165, 1.54) is 13.0 Å². The molecule has 2 N–H and O–H groups in total. The molecular formula is C12H9ClF3N3O2. The van der Waals surface area contributed by atoms with Crippen molar-refractivity contribution in [2.45, 2.75) is 19.6 Å². The first-order valence-corrected chi connectivity index (χ1v) is 5.82. The lowest BCUT2D eigenvalue weighted by Gasteiger charge is -2.11. The fourth-order valence-electron chi connectivity index (χ4n) is 1.48. The van der Waals surface area contributed by atoms with Gasteiger partial charge in [-0.25, -0.2) is 0 Å². The minimum absolute atomic E-state index is 0.0892. The van der Waals surface area contributed by atoms with Crippen LogP contribution in [0.3, 0.4) is 0 Å². The molecule has 0 unspecified atom stereocenters. The van der Waals surface area contributed by atoms with Gasteiger partial charge in [0, 0.05) is 11.9 Å². The van der Waals surface area contributed by atoms with E-state index in [2.05, 4.69) is 0 Å². The van der Waals surface area contributed by atoms with Gasteiger partial charge >= 0.3 is 6.18 Å². The number of nitriles is 1. The average Bonchev–Trinajstić information content (AvgIpc) is 2.33. The summed E-state index contributed by atoms with van der Waals surface area (Å²) >= 11 is 5.44. The van der Waals surface area contributed by atoms with Crippen molar-refractivity contribution in [3.8, 4) is 6.07 Å². The number of alkyl halides is 3. The summed E-state index contributed by atoms with van der Waals surface area (Å²) in [6, 6.07) is 2.01. The van der Waals surface area contributed by atoms with Crippen LogP contribution < -0.4 is 11.3 Å². The summed E-state index contributed by atoms with van der Waals surface area (Å²) in [6.45, 7) is 0.526. The van der Waals surface area contributed by atoms with E-state index < -0.39 is 40.2 Å². The minimum Gasteiger partial charge on any atom is -0.401 e. The highest BCUT2D eigenvalue weighted by molar-refractivity contribution is 6.30. The second-order valence-electron chi connectivity index (χ2n) is 4.10. The summed E-state index contributed by atoms with van der Waals surface area (Å²) in [5, 5.41) is 8.07. The molecule has 0 radical (unpaired) electrons. The SMILES string of the molecule is C/C(N)=C(/C#N)C(=O)Cn1cc(C(F)(F)F)cc(Cl)c1=O. The molecule has 0 saturated heterocycles. The number of nitrogens with two attached hydrogens (primary N) is 1. The molecule has 0 bridgehead atoms. The largest absolute Gasteiger partial charge is 0.417 e. The second-order valence-corrected chi connectivity index (χ2v) is 4.51. The quantitative estimate of drug-likeness (QED) is 0.680. The summed E-state index contributed by atoms with van der Waals surface area (Å²) in [7, 11) is 0. The summed E-state index contributed by atoms with van der Waals surface area (Å²) in [4.78, 5) is 23.4. The van der Waals surface area contributed by atoms with Gasteiger partial charge in [-0.05, 0) is 13.0 Å². The molecule has 0 amide bonds. The van der Waals surface area contributed by atoms with Crippen LogP contribution >= 0.6 is 11.6 Å². The minimum atomic E-state index is -4.72. The van der Waals surface area contributed by atoms with Crippen molar-refractivity contribution in [1.29, 1.82) is 5.26 Å². The Balaban J connectivity index is 3.31. The van der Waals surface area contributed by atoms with Crippen molar-refractivity contribution in [3.63, 3.8) is 0 Å². The summed E-state index contributed by atoms with van der Waals surface area (Å²) in [6.07, 6.45) is -4.26. The summed E-state index contributed by atoms with van der Waals surface area (Å²) < 4.78 is 38.4. The van der Waals surface area contributed by atoms with Crippen molar-refractivity contribution in [2.75, 3.05) is 0 Å². The molecule has 112 valence electrons. The zero-order valence-corrected chi connectivity index (χ0v) is 11.4. The van der Waals surface area contributed by atoms with Gasteiger partial charge in [0.05, 0.1) is 12.1 Å². The number of allylic oxidation sites excluding steroid dienone is 2. The molecule has 0 aromatic carbocycles. The molecule has 1 aromatic rings. The highest BCUT2D eigenvalue weighted by Crippen LogP contribution is 2.29. The molecule has 21 heavy (non-hydrogen) atoms. The van der Waals surface area contributed by atoms with Crippen LogP contribution in [0.1, 0.15) is 12.5 Å². The van der Waals surface area contributed by atoms with E-state index in [4.69, 9.17) is 22.6 Å². The number of Topliss-reactive ketones (excluding diaryl/α,β-unsaturated/α-hetero) is 1. The third kappa shape index (κ3) is 3.86. The van der Waals surface area contributed by atoms with E-state index in [9.17, 15) is 22.8 Å². The Hall–Kier alpha value is -2.27. The molecule has 0 atom stereocenters. The normalized spacial score (nSPS) is 12.6. The number of halogens is 4. The van der Waals surface area contributed by atoms with Gasteiger partial charge in [0.25, 0.3) is 5.56 Å². The molecule has 0 aliphatic heterocycles. The van der Waals surface area contributed by atoms with E-state index in [0.29, 0.717) is 16.8 Å². The Kier molecular flexibility index (Phi) is 4.80. The second kappa shape index (κ2) is 6.01. The Morgan fingerprint density at radius 3 is 2.52 bits per heavy atom. The van der Waals surface area contributed by atoms with Crippen LogP contribution in [0, 0.1) is 11.3 Å². The maximum Gasteiger partial charge on any atom is 0.417 e. The monoisotopic (exact) mass is 319 g/mol. The van der Waals surface area contributed by atoms with Gasteiger partial charge in [0.1, 0.15) is 16.7 Å². The predicted molar refractivity (Wildman–Crippen MR) is 68.2 cm³/mol. The molecule has 0 saturated carbocycles. The molecule has 0 spiro atoms. The van der Waals surface area contributed by atoms with Crippen LogP contribution in [0.25, 0.3) is 0 Å². The summed E-state index contributed by atoms with van der Waals surface area (Å²) in [5.41, 5.74) is 2.66. The number of carbonyl (C=O) groups is 1. The van der Waals surface area contributed by atoms with Crippen LogP contribution in [-0.2, 0) is 17.5 Å². The fourth-order valence-corrected chi connectivity index (χ4v) is 1.70. The number of aromatic nitrogens is 1. The Morgan fingerprint density at radius 1 is 1.52 bits per heavy atom. The van der Waals surface area contributed by atoms with Gasteiger partial charge in [-0.15, -0.1) is 0 Å². The van der Waals surface area contributed by atoms with Crippen molar-refractivity contribution in [2.24, 2.45) is 5.73 Å². The topological polar surface area (TPSA) is 88.9 Å². The average molecular weight is 320 g/mol. The molecule has 1 rings (SSSR count). The van der Waals surface area contributed by atoms with Gasteiger partial charge in [-0.3, -0.25) is 9.59 Å². The van der Waals surface area contributed by atoms with Gasteiger partial charge < -0.3 is 10.3 Å². The van der Waals surface area contributed by atoms with Crippen molar-refractivity contribution < 1.29 is 18.0 Å². The Morgan fingerprint density at radius 2 is 2.10 bits per heavy atom.